The fourth-order valence-corrected chi connectivity index (χ4v) is 2.44. The van der Waals surface area contributed by atoms with E-state index in [2.05, 4.69) is 20.4 Å². The van der Waals surface area contributed by atoms with Gasteiger partial charge in [0, 0.05) is 6.20 Å². The van der Waals surface area contributed by atoms with Gasteiger partial charge >= 0.3 is 0 Å². The number of amidine groups is 1. The number of nitrogens with zero attached hydrogens (tertiary/aromatic N) is 3. The zero-order chi connectivity index (χ0) is 15.7. The number of hydrogen-bond acceptors (Lipinski definition) is 5. The normalized spacial score (nSPS) is 12.2. The van der Waals surface area contributed by atoms with E-state index >= 15 is 0 Å². The van der Waals surface area contributed by atoms with Crippen molar-refractivity contribution in [3.8, 4) is 0 Å². The van der Waals surface area contributed by atoms with Crippen LogP contribution in [-0.2, 0) is 11.3 Å². The van der Waals surface area contributed by atoms with Gasteiger partial charge in [-0.3, -0.25) is 4.79 Å². The highest BCUT2D eigenvalue weighted by Crippen LogP contribution is 2.30. The fraction of sp³-hybridized carbons (Fsp3) is 0.571. The molecule has 1 aromatic rings. The number of carbonyl (C=O) groups is 1. The molecular weight excluding hydrogens is 270 g/mol. The van der Waals surface area contributed by atoms with E-state index in [1.807, 2.05) is 13.8 Å². The van der Waals surface area contributed by atoms with E-state index in [0.717, 1.165) is 12.8 Å². The Balaban J connectivity index is 2.88. The Morgan fingerprint density at radius 2 is 2.10 bits per heavy atom. The molecule has 0 aliphatic rings. The first-order valence-electron chi connectivity index (χ1n) is 7.12. The van der Waals surface area contributed by atoms with Gasteiger partial charge in [0.2, 0.25) is 5.91 Å². The molecule has 0 saturated heterocycles. The molecule has 0 aliphatic carbocycles. The lowest BCUT2D eigenvalue weighted by molar-refractivity contribution is -0.128. The van der Waals surface area contributed by atoms with Gasteiger partial charge in [-0.15, -0.1) is 0 Å². The molecule has 0 fully saturated rings. The SMILES string of the molecule is CCCC(CCC)(C(=O)NCc1ccncn1)/C(N)=N/O. The molecule has 0 atom stereocenters. The van der Waals surface area contributed by atoms with Crippen LogP contribution in [0.5, 0.6) is 0 Å². The van der Waals surface area contributed by atoms with E-state index in [1.54, 1.807) is 12.3 Å². The third-order valence-corrected chi connectivity index (χ3v) is 3.46. The van der Waals surface area contributed by atoms with E-state index in [4.69, 9.17) is 10.9 Å². The topological polar surface area (TPSA) is 113 Å². The van der Waals surface area contributed by atoms with E-state index in [0.29, 0.717) is 18.5 Å². The fourth-order valence-electron chi connectivity index (χ4n) is 2.44. The number of oxime groups is 1. The molecular formula is C14H23N5O2. The monoisotopic (exact) mass is 293 g/mol. The number of hydrogen-bond donors (Lipinski definition) is 3. The Labute approximate surface area is 124 Å². The van der Waals surface area contributed by atoms with E-state index in [1.165, 1.54) is 6.33 Å². The van der Waals surface area contributed by atoms with Crippen molar-refractivity contribution in [3.05, 3.63) is 24.3 Å². The first kappa shape index (κ1) is 16.9. The summed E-state index contributed by atoms with van der Waals surface area (Å²) < 4.78 is 0. The van der Waals surface area contributed by atoms with Crippen LogP contribution in [0.1, 0.15) is 45.2 Å². The molecule has 0 bridgehead atoms. The molecule has 0 aliphatic heterocycles. The Hall–Kier alpha value is -2.18. The second-order valence-electron chi connectivity index (χ2n) is 4.95. The minimum Gasteiger partial charge on any atom is -0.409 e. The van der Waals surface area contributed by atoms with Crippen molar-refractivity contribution in [1.82, 2.24) is 15.3 Å². The van der Waals surface area contributed by atoms with Crippen LogP contribution in [-0.4, -0.2) is 26.9 Å². The molecule has 0 spiro atoms. The van der Waals surface area contributed by atoms with Crippen LogP contribution in [0.25, 0.3) is 0 Å². The summed E-state index contributed by atoms with van der Waals surface area (Å²) in [6.45, 7) is 4.22. The Morgan fingerprint density at radius 1 is 1.43 bits per heavy atom. The summed E-state index contributed by atoms with van der Waals surface area (Å²) >= 11 is 0. The average molecular weight is 293 g/mol. The zero-order valence-corrected chi connectivity index (χ0v) is 12.5. The van der Waals surface area contributed by atoms with Crippen LogP contribution in [0.15, 0.2) is 23.7 Å². The first-order chi connectivity index (χ1) is 10.1. The van der Waals surface area contributed by atoms with E-state index < -0.39 is 5.41 Å². The molecule has 4 N–H and O–H groups in total. The van der Waals surface area contributed by atoms with E-state index in [9.17, 15) is 4.79 Å². The number of nitrogens with one attached hydrogen (secondary N) is 1. The van der Waals surface area contributed by atoms with Gasteiger partial charge in [-0.05, 0) is 18.9 Å². The third-order valence-electron chi connectivity index (χ3n) is 3.46. The molecule has 7 heteroatoms. The van der Waals surface area contributed by atoms with Gasteiger partial charge in [0.25, 0.3) is 0 Å². The summed E-state index contributed by atoms with van der Waals surface area (Å²) in [7, 11) is 0. The van der Waals surface area contributed by atoms with Gasteiger partial charge in [0.15, 0.2) is 5.84 Å². The molecule has 0 radical (unpaired) electrons. The zero-order valence-electron chi connectivity index (χ0n) is 12.5. The Bertz CT molecular complexity index is 470. The number of carbonyl (C=O) groups excluding carboxylic acids is 1. The molecule has 7 nitrogen and oxygen atoms in total. The smallest absolute Gasteiger partial charge is 0.234 e. The number of rotatable bonds is 8. The van der Waals surface area contributed by atoms with Crippen molar-refractivity contribution in [2.24, 2.45) is 16.3 Å². The summed E-state index contributed by atoms with van der Waals surface area (Å²) in [5.74, 6) is -0.272. The van der Waals surface area contributed by atoms with Crippen LogP contribution < -0.4 is 11.1 Å². The summed E-state index contributed by atoms with van der Waals surface area (Å²) in [6, 6.07) is 1.73. The molecule has 1 amide bonds. The van der Waals surface area contributed by atoms with E-state index in [-0.39, 0.29) is 18.3 Å². The lowest BCUT2D eigenvalue weighted by Crippen LogP contribution is -2.49. The standard InChI is InChI=1S/C14H23N5O2/c1-3-6-14(7-4-2,12(15)19-21)13(20)17-9-11-5-8-16-10-18-11/h5,8,10,21H,3-4,6-7,9H2,1-2H3,(H2,15,19)(H,17,20). The Morgan fingerprint density at radius 3 is 2.57 bits per heavy atom. The minimum atomic E-state index is -0.967. The third kappa shape index (κ3) is 4.14. The molecule has 116 valence electrons. The second-order valence-corrected chi connectivity index (χ2v) is 4.95. The average Bonchev–Trinajstić information content (AvgIpc) is 2.52. The van der Waals surface area contributed by atoms with Crippen LogP contribution in [0.4, 0.5) is 0 Å². The molecule has 1 aromatic heterocycles. The largest absolute Gasteiger partial charge is 0.409 e. The highest BCUT2D eigenvalue weighted by molar-refractivity contribution is 6.06. The van der Waals surface area contributed by atoms with Gasteiger partial charge in [0.1, 0.15) is 11.7 Å². The maximum atomic E-state index is 12.6. The van der Waals surface area contributed by atoms with Gasteiger partial charge in [0.05, 0.1) is 12.2 Å². The summed E-state index contributed by atoms with van der Waals surface area (Å²) in [5, 5.41) is 14.9. The van der Waals surface area contributed by atoms with Crippen molar-refractivity contribution in [2.45, 2.75) is 46.1 Å². The number of aromatic nitrogens is 2. The first-order valence-corrected chi connectivity index (χ1v) is 7.12. The summed E-state index contributed by atoms with van der Waals surface area (Å²) in [5.41, 5.74) is 5.55. The maximum absolute atomic E-state index is 12.6. The van der Waals surface area contributed by atoms with Crippen LogP contribution in [0, 0.1) is 5.41 Å². The van der Waals surface area contributed by atoms with Crippen molar-refractivity contribution in [2.75, 3.05) is 0 Å². The minimum absolute atomic E-state index is 0.0358. The maximum Gasteiger partial charge on any atom is 0.234 e. The lowest BCUT2D eigenvalue weighted by atomic mass is 9.77. The Kier molecular flexibility index (Phi) is 6.58. The van der Waals surface area contributed by atoms with Crippen LogP contribution >= 0.6 is 0 Å². The summed E-state index contributed by atoms with van der Waals surface area (Å²) in [4.78, 5) is 20.5. The van der Waals surface area contributed by atoms with Gasteiger partial charge in [-0.1, -0.05) is 31.8 Å². The van der Waals surface area contributed by atoms with Crippen molar-refractivity contribution >= 4 is 11.7 Å². The number of amides is 1. The second kappa shape index (κ2) is 8.18. The highest BCUT2D eigenvalue weighted by atomic mass is 16.4. The van der Waals surface area contributed by atoms with Crippen LogP contribution in [0.2, 0.25) is 0 Å². The molecule has 0 aromatic carbocycles. The van der Waals surface area contributed by atoms with Crippen molar-refractivity contribution in [1.29, 1.82) is 0 Å². The van der Waals surface area contributed by atoms with Gasteiger partial charge < -0.3 is 16.3 Å². The molecule has 1 rings (SSSR count). The predicted octanol–water partition coefficient (Wildman–Crippen LogP) is 1.43. The molecule has 0 unspecified atom stereocenters. The van der Waals surface area contributed by atoms with Crippen molar-refractivity contribution in [3.63, 3.8) is 0 Å². The highest BCUT2D eigenvalue weighted by Gasteiger charge is 2.41. The lowest BCUT2D eigenvalue weighted by Gasteiger charge is -2.30. The number of nitrogens with two attached hydrogens (primary N) is 1. The van der Waals surface area contributed by atoms with Gasteiger partial charge in [-0.25, -0.2) is 9.97 Å². The quantitative estimate of drug-likeness (QED) is 0.290. The van der Waals surface area contributed by atoms with Crippen LogP contribution in [0.3, 0.4) is 0 Å². The molecule has 1 heterocycles. The van der Waals surface area contributed by atoms with Gasteiger partial charge in [-0.2, -0.15) is 0 Å². The predicted molar refractivity (Wildman–Crippen MR) is 79.5 cm³/mol. The molecule has 21 heavy (non-hydrogen) atoms. The molecule has 0 saturated carbocycles. The summed E-state index contributed by atoms with van der Waals surface area (Å²) in [6.07, 6.45) is 5.63. The van der Waals surface area contributed by atoms with Crippen molar-refractivity contribution < 1.29 is 10.0 Å².